The third-order valence-corrected chi connectivity index (χ3v) is 2.90. The summed E-state index contributed by atoms with van der Waals surface area (Å²) in [7, 11) is 0. The molecule has 3 heteroatoms. The first-order valence-electron chi connectivity index (χ1n) is 5.86. The molecule has 90 valence electrons. The van der Waals surface area contributed by atoms with Crippen molar-refractivity contribution >= 4 is 5.69 Å². The van der Waals surface area contributed by atoms with Crippen molar-refractivity contribution in [3.05, 3.63) is 29.8 Å². The lowest BCUT2D eigenvalue weighted by molar-refractivity contribution is 0.164. The van der Waals surface area contributed by atoms with Crippen LogP contribution in [0, 0.1) is 0 Å². The van der Waals surface area contributed by atoms with Gasteiger partial charge in [0, 0.05) is 18.3 Å². The molecule has 3 nitrogen and oxygen atoms in total. The monoisotopic (exact) mass is 222 g/mol. The fourth-order valence-electron chi connectivity index (χ4n) is 2.01. The highest BCUT2D eigenvalue weighted by molar-refractivity contribution is 5.40. The zero-order chi connectivity index (χ0) is 12.0. The summed E-state index contributed by atoms with van der Waals surface area (Å²) in [5, 5.41) is 8.97. The molecule has 0 bridgehead atoms. The largest absolute Gasteiger partial charge is 0.399 e. The summed E-state index contributed by atoms with van der Waals surface area (Å²) < 4.78 is 0. The first kappa shape index (κ1) is 13.0. The summed E-state index contributed by atoms with van der Waals surface area (Å²) in [4.78, 5) is 2.27. The van der Waals surface area contributed by atoms with Crippen LogP contribution in [0.25, 0.3) is 0 Å². The lowest BCUT2D eigenvalue weighted by Gasteiger charge is -2.27. The van der Waals surface area contributed by atoms with E-state index in [1.807, 2.05) is 18.2 Å². The van der Waals surface area contributed by atoms with Crippen LogP contribution in [0.4, 0.5) is 5.69 Å². The van der Waals surface area contributed by atoms with Gasteiger partial charge in [0.2, 0.25) is 0 Å². The molecular weight excluding hydrogens is 200 g/mol. The molecule has 0 aliphatic heterocycles. The van der Waals surface area contributed by atoms with E-state index in [9.17, 15) is 0 Å². The second kappa shape index (κ2) is 6.51. The molecule has 0 fully saturated rings. The summed E-state index contributed by atoms with van der Waals surface area (Å²) in [5.41, 5.74) is 7.82. The zero-order valence-corrected chi connectivity index (χ0v) is 10.2. The van der Waals surface area contributed by atoms with Crippen LogP contribution in [0.15, 0.2) is 24.3 Å². The fraction of sp³-hybridized carbons (Fsp3) is 0.538. The number of aliphatic hydroxyl groups excluding tert-OH is 1. The number of nitrogens with zero attached hydrogens (tertiary/aromatic N) is 1. The third-order valence-electron chi connectivity index (χ3n) is 2.90. The van der Waals surface area contributed by atoms with Gasteiger partial charge in [-0.05, 0) is 37.6 Å². The van der Waals surface area contributed by atoms with Crippen molar-refractivity contribution in [3.63, 3.8) is 0 Å². The average Bonchev–Trinajstić information content (AvgIpc) is 2.25. The molecule has 1 unspecified atom stereocenters. The lowest BCUT2D eigenvalue weighted by atomic mass is 10.1. The van der Waals surface area contributed by atoms with Gasteiger partial charge in [0.1, 0.15) is 0 Å². The van der Waals surface area contributed by atoms with Gasteiger partial charge in [-0.25, -0.2) is 0 Å². The van der Waals surface area contributed by atoms with Gasteiger partial charge in [-0.3, -0.25) is 4.90 Å². The molecule has 0 aromatic heterocycles. The quantitative estimate of drug-likeness (QED) is 0.717. The first-order chi connectivity index (χ1) is 7.67. The molecule has 1 aromatic carbocycles. The van der Waals surface area contributed by atoms with Gasteiger partial charge in [0.15, 0.2) is 0 Å². The highest BCUT2D eigenvalue weighted by Gasteiger charge is 2.11. The summed E-state index contributed by atoms with van der Waals surface area (Å²) in [5.74, 6) is 0. The molecule has 0 amide bonds. The van der Waals surface area contributed by atoms with Crippen LogP contribution in [-0.2, 0) is 6.42 Å². The zero-order valence-electron chi connectivity index (χ0n) is 10.2. The highest BCUT2D eigenvalue weighted by Crippen LogP contribution is 2.11. The lowest BCUT2D eigenvalue weighted by Crippen LogP contribution is -2.36. The number of anilines is 1. The van der Waals surface area contributed by atoms with Crippen LogP contribution < -0.4 is 5.73 Å². The Hall–Kier alpha value is -1.06. The molecule has 0 heterocycles. The predicted octanol–water partition coefficient (Wildman–Crippen LogP) is 1.51. The number of hydrogen-bond donors (Lipinski definition) is 2. The number of likely N-dealkylation sites (N-methyl/N-ethyl adjacent to an activating group) is 1. The summed E-state index contributed by atoms with van der Waals surface area (Å²) in [6, 6.07) is 8.43. The van der Waals surface area contributed by atoms with Crippen molar-refractivity contribution < 1.29 is 5.11 Å². The van der Waals surface area contributed by atoms with Crippen LogP contribution in [0.3, 0.4) is 0 Å². The van der Waals surface area contributed by atoms with Crippen LogP contribution in [0.5, 0.6) is 0 Å². The number of aliphatic hydroxyl groups is 1. The summed E-state index contributed by atoms with van der Waals surface area (Å²) in [6.07, 6.45) is 0.971. The van der Waals surface area contributed by atoms with Crippen molar-refractivity contribution in [2.24, 2.45) is 0 Å². The Kier molecular flexibility index (Phi) is 5.29. The van der Waals surface area contributed by atoms with Gasteiger partial charge in [-0.1, -0.05) is 19.1 Å². The van der Waals surface area contributed by atoms with Gasteiger partial charge in [-0.15, -0.1) is 0 Å². The second-order valence-corrected chi connectivity index (χ2v) is 4.15. The topological polar surface area (TPSA) is 49.5 Å². The molecule has 1 rings (SSSR count). The SMILES string of the molecule is CCN(CCO)C(C)Cc1cccc(N)c1. The molecular formula is C13H22N2O. The highest BCUT2D eigenvalue weighted by atomic mass is 16.3. The van der Waals surface area contributed by atoms with Gasteiger partial charge < -0.3 is 10.8 Å². The molecule has 3 N–H and O–H groups in total. The molecule has 1 atom stereocenters. The van der Waals surface area contributed by atoms with Crippen molar-refractivity contribution in [3.8, 4) is 0 Å². The van der Waals surface area contributed by atoms with E-state index >= 15 is 0 Å². The van der Waals surface area contributed by atoms with E-state index in [4.69, 9.17) is 10.8 Å². The van der Waals surface area contributed by atoms with Crippen molar-refractivity contribution in [2.75, 3.05) is 25.4 Å². The summed E-state index contributed by atoms with van der Waals surface area (Å²) >= 11 is 0. The third kappa shape index (κ3) is 3.83. The van der Waals surface area contributed by atoms with E-state index < -0.39 is 0 Å². The van der Waals surface area contributed by atoms with E-state index in [-0.39, 0.29) is 6.61 Å². The number of benzene rings is 1. The minimum Gasteiger partial charge on any atom is -0.399 e. The van der Waals surface area contributed by atoms with E-state index in [0.29, 0.717) is 6.04 Å². The number of rotatable bonds is 6. The predicted molar refractivity (Wildman–Crippen MR) is 68.4 cm³/mol. The van der Waals surface area contributed by atoms with Gasteiger partial charge in [-0.2, -0.15) is 0 Å². The van der Waals surface area contributed by atoms with Crippen molar-refractivity contribution in [1.82, 2.24) is 4.90 Å². The molecule has 1 aromatic rings. The Balaban J connectivity index is 2.58. The van der Waals surface area contributed by atoms with Crippen LogP contribution in [0.1, 0.15) is 19.4 Å². The Bertz CT molecular complexity index is 315. The van der Waals surface area contributed by atoms with Gasteiger partial charge >= 0.3 is 0 Å². The van der Waals surface area contributed by atoms with E-state index in [1.54, 1.807) is 0 Å². The Morgan fingerprint density at radius 3 is 2.75 bits per heavy atom. The molecule has 0 aliphatic rings. The maximum absolute atomic E-state index is 8.97. The molecule has 0 aliphatic carbocycles. The molecule has 0 radical (unpaired) electrons. The van der Waals surface area contributed by atoms with E-state index in [1.165, 1.54) is 5.56 Å². The fourth-order valence-corrected chi connectivity index (χ4v) is 2.01. The van der Waals surface area contributed by atoms with Crippen molar-refractivity contribution in [2.45, 2.75) is 26.3 Å². The van der Waals surface area contributed by atoms with E-state index in [0.717, 1.165) is 25.2 Å². The normalized spacial score (nSPS) is 13.0. The van der Waals surface area contributed by atoms with Crippen LogP contribution in [-0.4, -0.2) is 35.7 Å². The maximum Gasteiger partial charge on any atom is 0.0558 e. The minimum atomic E-state index is 0.217. The smallest absolute Gasteiger partial charge is 0.0558 e. The van der Waals surface area contributed by atoms with E-state index in [2.05, 4.69) is 24.8 Å². The minimum absolute atomic E-state index is 0.217. The molecule has 0 saturated carbocycles. The first-order valence-corrected chi connectivity index (χ1v) is 5.86. The molecule has 16 heavy (non-hydrogen) atoms. The second-order valence-electron chi connectivity index (χ2n) is 4.15. The number of hydrogen-bond acceptors (Lipinski definition) is 3. The summed E-state index contributed by atoms with van der Waals surface area (Å²) in [6.45, 7) is 6.22. The standard InChI is InChI=1S/C13H22N2O/c1-3-15(7-8-16)11(2)9-12-5-4-6-13(14)10-12/h4-6,10-11,16H,3,7-9,14H2,1-2H3. The Morgan fingerprint density at radius 1 is 1.44 bits per heavy atom. The van der Waals surface area contributed by atoms with Crippen LogP contribution in [0.2, 0.25) is 0 Å². The molecule has 0 saturated heterocycles. The Morgan fingerprint density at radius 2 is 2.19 bits per heavy atom. The van der Waals surface area contributed by atoms with Crippen LogP contribution >= 0.6 is 0 Å². The van der Waals surface area contributed by atoms with Crippen molar-refractivity contribution in [1.29, 1.82) is 0 Å². The molecule has 0 spiro atoms. The Labute approximate surface area is 97.9 Å². The average molecular weight is 222 g/mol. The maximum atomic E-state index is 8.97. The van der Waals surface area contributed by atoms with Gasteiger partial charge in [0.05, 0.1) is 6.61 Å². The number of nitrogen functional groups attached to an aromatic ring is 1. The van der Waals surface area contributed by atoms with Gasteiger partial charge in [0.25, 0.3) is 0 Å². The number of nitrogens with two attached hydrogens (primary N) is 1.